The van der Waals surface area contributed by atoms with Gasteiger partial charge in [0.2, 0.25) is 0 Å². The minimum atomic E-state index is -0.634. The van der Waals surface area contributed by atoms with Crippen molar-refractivity contribution in [1.29, 1.82) is 0 Å². The van der Waals surface area contributed by atoms with Gasteiger partial charge in [0.25, 0.3) is 5.91 Å². The van der Waals surface area contributed by atoms with E-state index in [-0.39, 0.29) is 11.7 Å². The van der Waals surface area contributed by atoms with Crippen molar-refractivity contribution in [2.45, 2.75) is 51.6 Å². The van der Waals surface area contributed by atoms with Crippen LogP contribution in [0.2, 0.25) is 0 Å². The summed E-state index contributed by atoms with van der Waals surface area (Å²) in [6.45, 7) is 2.57. The van der Waals surface area contributed by atoms with Crippen LogP contribution in [0.1, 0.15) is 45.4 Å². The Labute approximate surface area is 125 Å². The maximum Gasteiger partial charge on any atom is 0.261 e. The second-order valence-electron chi connectivity index (χ2n) is 5.69. The van der Waals surface area contributed by atoms with Gasteiger partial charge in [-0.2, -0.15) is 0 Å². The molecule has 1 N–H and O–H groups in total. The predicted octanol–water partition coefficient (Wildman–Crippen LogP) is 3.68. The molecule has 1 aromatic rings. The van der Waals surface area contributed by atoms with Crippen LogP contribution in [0.3, 0.4) is 0 Å². The van der Waals surface area contributed by atoms with Crippen LogP contribution in [-0.4, -0.2) is 18.6 Å². The highest BCUT2D eigenvalue weighted by Crippen LogP contribution is 2.23. The van der Waals surface area contributed by atoms with E-state index in [1.54, 1.807) is 18.2 Å². The Bertz CT molecular complexity index is 458. The zero-order chi connectivity index (χ0) is 15.1. The molecule has 3 nitrogen and oxygen atoms in total. The van der Waals surface area contributed by atoms with Crippen molar-refractivity contribution < 1.29 is 13.9 Å². The fourth-order valence-corrected chi connectivity index (χ4v) is 2.77. The number of carbonyl (C=O) groups excluding carboxylic acids is 1. The molecular weight excluding hydrogens is 269 g/mol. The molecule has 0 saturated heterocycles. The van der Waals surface area contributed by atoms with E-state index in [1.807, 2.05) is 6.92 Å². The Morgan fingerprint density at radius 2 is 2.05 bits per heavy atom. The van der Waals surface area contributed by atoms with Crippen LogP contribution in [-0.2, 0) is 4.79 Å². The smallest absolute Gasteiger partial charge is 0.261 e. The summed E-state index contributed by atoms with van der Waals surface area (Å²) < 4.78 is 19.1. The van der Waals surface area contributed by atoms with Crippen LogP contribution in [0, 0.1) is 11.7 Å². The highest BCUT2D eigenvalue weighted by atomic mass is 19.1. The monoisotopic (exact) mass is 293 g/mol. The fourth-order valence-electron chi connectivity index (χ4n) is 2.77. The molecule has 0 bridgehead atoms. The van der Waals surface area contributed by atoms with Gasteiger partial charge < -0.3 is 10.1 Å². The molecule has 1 fully saturated rings. The lowest BCUT2D eigenvalue weighted by Gasteiger charge is -2.23. The number of rotatable bonds is 6. The Morgan fingerprint density at radius 3 is 2.71 bits per heavy atom. The first-order chi connectivity index (χ1) is 10.2. The summed E-state index contributed by atoms with van der Waals surface area (Å²) in [6, 6.07) is 6.19. The van der Waals surface area contributed by atoms with Gasteiger partial charge >= 0.3 is 0 Å². The van der Waals surface area contributed by atoms with Gasteiger partial charge in [0.1, 0.15) is 0 Å². The third-order valence-electron chi connectivity index (χ3n) is 4.06. The van der Waals surface area contributed by atoms with Gasteiger partial charge in [-0.15, -0.1) is 0 Å². The number of halogens is 1. The van der Waals surface area contributed by atoms with E-state index in [1.165, 1.54) is 38.2 Å². The molecule has 0 spiro atoms. The molecule has 0 aliphatic heterocycles. The third-order valence-corrected chi connectivity index (χ3v) is 4.06. The largest absolute Gasteiger partial charge is 0.478 e. The van der Waals surface area contributed by atoms with Crippen molar-refractivity contribution in [3.63, 3.8) is 0 Å². The van der Waals surface area contributed by atoms with E-state index in [2.05, 4.69) is 5.32 Å². The number of hydrogen-bond acceptors (Lipinski definition) is 2. The molecule has 1 aliphatic carbocycles. The Hall–Kier alpha value is -1.58. The summed E-state index contributed by atoms with van der Waals surface area (Å²) in [5, 5.41) is 2.96. The molecule has 1 aliphatic rings. The molecule has 1 amide bonds. The van der Waals surface area contributed by atoms with Crippen LogP contribution < -0.4 is 10.1 Å². The summed E-state index contributed by atoms with van der Waals surface area (Å²) in [7, 11) is 0. The molecule has 1 atom stereocenters. The third kappa shape index (κ3) is 4.73. The van der Waals surface area contributed by atoms with Crippen LogP contribution in [0.5, 0.6) is 5.75 Å². The number of carbonyl (C=O) groups is 1. The Morgan fingerprint density at radius 1 is 1.33 bits per heavy atom. The quantitative estimate of drug-likeness (QED) is 0.869. The van der Waals surface area contributed by atoms with E-state index < -0.39 is 11.9 Å². The minimum absolute atomic E-state index is 0.136. The van der Waals surface area contributed by atoms with E-state index >= 15 is 0 Å². The van der Waals surface area contributed by atoms with Gasteiger partial charge in [-0.1, -0.05) is 38.3 Å². The predicted molar refractivity (Wildman–Crippen MR) is 80.7 cm³/mol. The highest BCUT2D eigenvalue weighted by molar-refractivity contribution is 5.81. The maximum absolute atomic E-state index is 13.6. The molecule has 4 heteroatoms. The molecular formula is C17H24FNO2. The molecule has 0 aromatic heterocycles. The average molecular weight is 293 g/mol. The zero-order valence-electron chi connectivity index (χ0n) is 12.6. The lowest BCUT2D eigenvalue weighted by atomic mass is 9.89. The topological polar surface area (TPSA) is 38.3 Å². The maximum atomic E-state index is 13.6. The molecule has 1 unspecified atom stereocenters. The normalized spacial score (nSPS) is 17.2. The zero-order valence-corrected chi connectivity index (χ0v) is 12.6. The summed E-state index contributed by atoms with van der Waals surface area (Å²) >= 11 is 0. The van der Waals surface area contributed by atoms with E-state index in [0.29, 0.717) is 18.9 Å². The summed E-state index contributed by atoms with van der Waals surface area (Å²) in [4.78, 5) is 12.2. The van der Waals surface area contributed by atoms with Crippen molar-refractivity contribution in [2.24, 2.45) is 5.92 Å². The van der Waals surface area contributed by atoms with Gasteiger partial charge in [0.05, 0.1) is 0 Å². The van der Waals surface area contributed by atoms with E-state index in [0.717, 1.165) is 0 Å². The molecule has 1 aromatic carbocycles. The highest BCUT2D eigenvalue weighted by Gasteiger charge is 2.21. The average Bonchev–Trinajstić information content (AvgIpc) is 2.53. The molecule has 0 heterocycles. The first kappa shape index (κ1) is 15.8. The van der Waals surface area contributed by atoms with Gasteiger partial charge in [0, 0.05) is 6.54 Å². The lowest BCUT2D eigenvalue weighted by molar-refractivity contribution is -0.128. The van der Waals surface area contributed by atoms with E-state index in [4.69, 9.17) is 4.74 Å². The van der Waals surface area contributed by atoms with Crippen molar-refractivity contribution in [2.75, 3.05) is 6.54 Å². The number of para-hydroxylation sites is 1. The molecule has 116 valence electrons. The SMILES string of the molecule is CCC(Oc1ccccc1F)C(=O)NCC1CCCCC1. The standard InChI is InChI=1S/C17H24FNO2/c1-2-15(21-16-11-7-6-10-14(16)18)17(20)19-12-13-8-4-3-5-9-13/h6-7,10-11,13,15H,2-5,8-9,12H2,1H3,(H,19,20). The second-order valence-corrected chi connectivity index (χ2v) is 5.69. The number of ether oxygens (including phenoxy) is 1. The fraction of sp³-hybridized carbons (Fsp3) is 0.588. The Balaban J connectivity index is 1.85. The number of hydrogen-bond donors (Lipinski definition) is 1. The summed E-state index contributed by atoms with van der Waals surface area (Å²) in [5.74, 6) is 0.133. The van der Waals surface area contributed by atoms with Gasteiger partial charge in [-0.25, -0.2) is 4.39 Å². The molecule has 1 saturated carbocycles. The van der Waals surface area contributed by atoms with Gasteiger partial charge in [-0.05, 0) is 37.3 Å². The van der Waals surface area contributed by atoms with Crippen molar-refractivity contribution in [3.8, 4) is 5.75 Å². The van der Waals surface area contributed by atoms with E-state index in [9.17, 15) is 9.18 Å². The lowest BCUT2D eigenvalue weighted by Crippen LogP contribution is -2.40. The first-order valence-electron chi connectivity index (χ1n) is 7.89. The van der Waals surface area contributed by atoms with Crippen molar-refractivity contribution in [3.05, 3.63) is 30.1 Å². The van der Waals surface area contributed by atoms with Crippen LogP contribution >= 0.6 is 0 Å². The molecule has 0 radical (unpaired) electrons. The van der Waals surface area contributed by atoms with Gasteiger partial charge in [-0.3, -0.25) is 4.79 Å². The van der Waals surface area contributed by atoms with Crippen LogP contribution in [0.15, 0.2) is 24.3 Å². The molecule has 2 rings (SSSR count). The first-order valence-corrected chi connectivity index (χ1v) is 7.89. The summed E-state index contributed by atoms with van der Waals surface area (Å²) in [6.07, 6.45) is 6.07. The number of nitrogens with one attached hydrogen (secondary N) is 1. The van der Waals surface area contributed by atoms with Crippen molar-refractivity contribution in [1.82, 2.24) is 5.32 Å². The molecule has 21 heavy (non-hydrogen) atoms. The van der Waals surface area contributed by atoms with Crippen LogP contribution in [0.4, 0.5) is 4.39 Å². The number of benzene rings is 1. The summed E-state index contributed by atoms with van der Waals surface area (Å²) in [5.41, 5.74) is 0. The number of amides is 1. The second kappa shape index (κ2) is 8.01. The van der Waals surface area contributed by atoms with Crippen molar-refractivity contribution >= 4 is 5.91 Å². The minimum Gasteiger partial charge on any atom is -0.478 e. The Kier molecular flexibility index (Phi) is 6.03. The van der Waals surface area contributed by atoms with Crippen LogP contribution in [0.25, 0.3) is 0 Å². The van der Waals surface area contributed by atoms with Gasteiger partial charge in [0.15, 0.2) is 17.7 Å².